The van der Waals surface area contributed by atoms with E-state index in [1.165, 1.54) is 4.68 Å². The molecule has 0 aliphatic carbocycles. The van der Waals surface area contributed by atoms with Gasteiger partial charge >= 0.3 is 5.97 Å². The molecule has 0 bridgehead atoms. The van der Waals surface area contributed by atoms with Gasteiger partial charge in [-0.3, -0.25) is 9.59 Å². The number of carboxylic acid groups (broad SMARTS) is 1. The summed E-state index contributed by atoms with van der Waals surface area (Å²) in [7, 11) is 0. The van der Waals surface area contributed by atoms with Gasteiger partial charge in [0.2, 0.25) is 5.82 Å². The van der Waals surface area contributed by atoms with Crippen LogP contribution in [0.25, 0.3) is 5.69 Å². The van der Waals surface area contributed by atoms with Crippen molar-refractivity contribution in [1.82, 2.24) is 20.1 Å². The zero-order chi connectivity index (χ0) is 18.8. The topological polar surface area (TPSA) is 97.1 Å². The summed E-state index contributed by atoms with van der Waals surface area (Å²) in [6.45, 7) is 5.16. The predicted octanol–water partition coefficient (Wildman–Crippen LogP) is 3.26. The van der Waals surface area contributed by atoms with Crippen molar-refractivity contribution in [2.75, 3.05) is 0 Å². The van der Waals surface area contributed by atoms with Crippen LogP contribution in [0.1, 0.15) is 43.1 Å². The summed E-state index contributed by atoms with van der Waals surface area (Å²) >= 11 is 12.3. The molecule has 1 aromatic heterocycles. The Balaban J connectivity index is 2.25. The number of nitrogens with one attached hydrogen (secondary N) is 1. The summed E-state index contributed by atoms with van der Waals surface area (Å²) in [4.78, 5) is 27.3. The third-order valence-electron chi connectivity index (χ3n) is 3.54. The van der Waals surface area contributed by atoms with Crippen molar-refractivity contribution in [2.45, 2.75) is 39.2 Å². The lowest BCUT2D eigenvalue weighted by Gasteiger charge is -2.24. The van der Waals surface area contributed by atoms with Gasteiger partial charge in [-0.25, -0.2) is 9.67 Å². The first-order valence-corrected chi connectivity index (χ1v) is 8.28. The predicted molar refractivity (Wildman–Crippen MR) is 94.5 cm³/mol. The summed E-state index contributed by atoms with van der Waals surface area (Å²) in [6, 6.07) is 5.04. The van der Waals surface area contributed by atoms with Gasteiger partial charge in [0.05, 0.1) is 10.0 Å². The van der Waals surface area contributed by atoms with Gasteiger partial charge in [-0.15, -0.1) is 5.10 Å². The van der Waals surface area contributed by atoms with Crippen LogP contribution < -0.4 is 5.32 Å². The van der Waals surface area contributed by atoms with Crippen LogP contribution >= 0.6 is 23.2 Å². The summed E-state index contributed by atoms with van der Waals surface area (Å²) in [5.41, 5.74) is -0.267. The maximum absolute atomic E-state index is 12.4. The molecule has 134 valence electrons. The van der Waals surface area contributed by atoms with Crippen LogP contribution in [-0.2, 0) is 4.79 Å². The number of para-hydroxylation sites is 1. The molecule has 0 saturated heterocycles. The lowest BCUT2D eigenvalue weighted by atomic mass is 9.98. The normalized spacial score (nSPS) is 11.4. The number of amides is 1. The first kappa shape index (κ1) is 19.2. The highest BCUT2D eigenvalue weighted by atomic mass is 35.5. The number of carbonyl (C=O) groups excluding carboxylic acids is 1. The maximum atomic E-state index is 12.4. The van der Waals surface area contributed by atoms with Crippen LogP contribution in [0.2, 0.25) is 10.0 Å². The Labute approximate surface area is 155 Å². The summed E-state index contributed by atoms with van der Waals surface area (Å²) in [6.07, 6.45) is 0.230. The van der Waals surface area contributed by atoms with E-state index < -0.39 is 17.4 Å². The highest BCUT2D eigenvalue weighted by Crippen LogP contribution is 2.28. The second kappa shape index (κ2) is 7.41. The summed E-state index contributed by atoms with van der Waals surface area (Å²) < 4.78 is 1.41. The van der Waals surface area contributed by atoms with Gasteiger partial charge in [0.25, 0.3) is 5.91 Å². The number of rotatable bonds is 6. The van der Waals surface area contributed by atoms with E-state index in [9.17, 15) is 9.59 Å². The van der Waals surface area contributed by atoms with Crippen molar-refractivity contribution in [3.05, 3.63) is 39.9 Å². The van der Waals surface area contributed by atoms with Crippen molar-refractivity contribution in [2.24, 2.45) is 0 Å². The molecule has 1 heterocycles. The third kappa shape index (κ3) is 4.70. The Hall–Kier alpha value is -2.12. The molecule has 2 N–H and O–H groups in total. The summed E-state index contributed by atoms with van der Waals surface area (Å²) in [5.74, 6) is -1.02. The first-order valence-electron chi connectivity index (χ1n) is 7.53. The number of benzene rings is 1. The lowest BCUT2D eigenvalue weighted by Crippen LogP contribution is -2.44. The molecule has 7 nitrogen and oxygen atoms in total. The molecule has 1 amide bonds. The second-order valence-electron chi connectivity index (χ2n) is 6.20. The van der Waals surface area contributed by atoms with Gasteiger partial charge in [0, 0.05) is 12.0 Å². The molecular weight excluding hydrogens is 367 g/mol. The van der Waals surface area contributed by atoms with Gasteiger partial charge in [0.1, 0.15) is 11.5 Å². The number of carboxylic acids is 1. The van der Waals surface area contributed by atoms with Crippen LogP contribution in [-0.4, -0.2) is 37.3 Å². The number of aryl methyl sites for hydroxylation is 1. The van der Waals surface area contributed by atoms with Crippen LogP contribution in [0, 0.1) is 6.92 Å². The number of halogens is 2. The first-order chi connectivity index (χ1) is 11.6. The minimum Gasteiger partial charge on any atom is -0.481 e. The van der Waals surface area contributed by atoms with Gasteiger partial charge in [0.15, 0.2) is 0 Å². The molecule has 9 heteroatoms. The molecule has 0 unspecified atom stereocenters. The van der Waals surface area contributed by atoms with Crippen LogP contribution in [0.4, 0.5) is 0 Å². The van der Waals surface area contributed by atoms with Gasteiger partial charge in [-0.05, 0) is 39.3 Å². The van der Waals surface area contributed by atoms with E-state index in [-0.39, 0.29) is 18.7 Å². The van der Waals surface area contributed by atoms with Gasteiger partial charge < -0.3 is 10.4 Å². The van der Waals surface area contributed by atoms with Crippen molar-refractivity contribution >= 4 is 35.1 Å². The fraction of sp³-hybridized carbons (Fsp3) is 0.375. The highest BCUT2D eigenvalue weighted by Gasteiger charge is 2.25. The molecule has 0 fully saturated rings. The van der Waals surface area contributed by atoms with Crippen molar-refractivity contribution in [1.29, 1.82) is 0 Å². The molecule has 0 aliphatic rings. The monoisotopic (exact) mass is 384 g/mol. The van der Waals surface area contributed by atoms with Crippen molar-refractivity contribution in [3.63, 3.8) is 0 Å². The fourth-order valence-electron chi connectivity index (χ4n) is 2.23. The van der Waals surface area contributed by atoms with E-state index in [1.807, 2.05) is 0 Å². The molecular formula is C16H18Cl2N4O3. The molecule has 0 spiro atoms. The van der Waals surface area contributed by atoms with E-state index in [1.54, 1.807) is 39.0 Å². The average molecular weight is 385 g/mol. The Morgan fingerprint density at radius 2 is 1.88 bits per heavy atom. The minimum absolute atomic E-state index is 0.0445. The van der Waals surface area contributed by atoms with Gasteiger partial charge in [-0.2, -0.15) is 0 Å². The van der Waals surface area contributed by atoms with Crippen LogP contribution in [0.5, 0.6) is 0 Å². The number of hydrogen-bond acceptors (Lipinski definition) is 4. The smallest absolute Gasteiger partial charge is 0.303 e. The van der Waals surface area contributed by atoms with Crippen LogP contribution in [0.3, 0.4) is 0 Å². The largest absolute Gasteiger partial charge is 0.481 e. The molecule has 0 saturated carbocycles. The van der Waals surface area contributed by atoms with E-state index in [2.05, 4.69) is 15.4 Å². The number of nitrogens with zero attached hydrogens (tertiary/aromatic N) is 3. The van der Waals surface area contributed by atoms with Crippen molar-refractivity contribution < 1.29 is 14.7 Å². The second-order valence-corrected chi connectivity index (χ2v) is 7.01. The zero-order valence-electron chi connectivity index (χ0n) is 14.0. The van der Waals surface area contributed by atoms with Crippen LogP contribution in [0.15, 0.2) is 18.2 Å². The van der Waals surface area contributed by atoms with Crippen molar-refractivity contribution in [3.8, 4) is 5.69 Å². The average Bonchev–Trinajstić information content (AvgIpc) is 2.87. The van der Waals surface area contributed by atoms with E-state index in [4.69, 9.17) is 28.3 Å². The molecule has 2 aromatic rings. The molecule has 0 aliphatic heterocycles. The lowest BCUT2D eigenvalue weighted by molar-refractivity contribution is -0.137. The standard InChI is InChI=1S/C16H18Cl2N4O3/c1-9-19-14(15(25)20-16(2,3)8-7-12(23)24)21-22(9)13-10(17)5-4-6-11(13)18/h4-6H,7-8H2,1-3H3,(H,20,25)(H,23,24). The number of aliphatic carboxylic acids is 1. The Morgan fingerprint density at radius 1 is 1.28 bits per heavy atom. The molecule has 1 aromatic carbocycles. The fourth-order valence-corrected chi connectivity index (χ4v) is 2.79. The highest BCUT2D eigenvalue weighted by molar-refractivity contribution is 6.37. The SMILES string of the molecule is Cc1nc(C(=O)NC(C)(C)CCC(=O)O)nn1-c1c(Cl)cccc1Cl. The maximum Gasteiger partial charge on any atom is 0.303 e. The van der Waals surface area contributed by atoms with Gasteiger partial charge in [-0.1, -0.05) is 29.3 Å². The summed E-state index contributed by atoms with van der Waals surface area (Å²) in [5, 5.41) is 16.5. The molecule has 0 atom stereocenters. The van der Waals surface area contributed by atoms with E-state index >= 15 is 0 Å². The number of aromatic nitrogens is 3. The number of carbonyl (C=O) groups is 2. The third-order valence-corrected chi connectivity index (χ3v) is 4.15. The zero-order valence-corrected chi connectivity index (χ0v) is 15.5. The molecule has 25 heavy (non-hydrogen) atoms. The Kier molecular flexibility index (Phi) is 5.69. The quantitative estimate of drug-likeness (QED) is 0.796. The molecule has 0 radical (unpaired) electrons. The number of hydrogen-bond donors (Lipinski definition) is 2. The Morgan fingerprint density at radius 3 is 2.44 bits per heavy atom. The minimum atomic E-state index is -0.922. The molecule has 2 rings (SSSR count). The Bertz CT molecular complexity index is 797. The van der Waals surface area contributed by atoms with E-state index in [0.717, 1.165) is 0 Å². The van der Waals surface area contributed by atoms with E-state index in [0.29, 0.717) is 21.6 Å².